The van der Waals surface area contributed by atoms with Crippen molar-refractivity contribution in [2.45, 2.75) is 211 Å². The molecule has 1 aliphatic heterocycles. The van der Waals surface area contributed by atoms with Crippen LogP contribution in [0.4, 0.5) is 0 Å². The average molecular weight is 831 g/mol. The second kappa shape index (κ2) is 41.0. The molecular weight excluding hydrogens is 745 g/mol. The molecule has 1 saturated heterocycles. The third kappa shape index (κ3) is 32.1. The minimum Gasteiger partial charge on any atom is -0.457 e. The van der Waals surface area contributed by atoms with Crippen LogP contribution in [0.1, 0.15) is 174 Å². The Balaban J connectivity index is 2.31. The van der Waals surface area contributed by atoms with Gasteiger partial charge in [-0.15, -0.1) is 0 Å². The lowest BCUT2D eigenvalue weighted by molar-refractivity contribution is -0.305. The SMILES string of the molecule is CC/C=C\C/C=C\C/C=C\C/C=C\C/C=C\C/C=C\CCC(=O)OC(COCCCCCCCCCCCCCCCCCCC)COC1OC(CO)C(O)C(O)C1O. The van der Waals surface area contributed by atoms with Crippen LogP contribution in [0.15, 0.2) is 72.9 Å². The Bertz CT molecular complexity index is 1130. The van der Waals surface area contributed by atoms with Gasteiger partial charge >= 0.3 is 5.97 Å². The second-order valence-electron chi connectivity index (χ2n) is 15.8. The number of ether oxygens (including phenoxy) is 4. The minimum atomic E-state index is -1.55. The summed E-state index contributed by atoms with van der Waals surface area (Å²) < 4.78 is 22.8. The molecule has 6 atom stereocenters. The molecule has 0 bridgehead atoms. The molecule has 59 heavy (non-hydrogen) atoms. The van der Waals surface area contributed by atoms with Crippen molar-refractivity contribution in [3.05, 3.63) is 72.9 Å². The van der Waals surface area contributed by atoms with Crippen LogP contribution in [-0.2, 0) is 23.7 Å². The highest BCUT2D eigenvalue weighted by Crippen LogP contribution is 2.22. The van der Waals surface area contributed by atoms with E-state index in [9.17, 15) is 25.2 Å². The lowest BCUT2D eigenvalue weighted by Gasteiger charge is -2.39. The van der Waals surface area contributed by atoms with Crippen LogP contribution in [0, 0.1) is 0 Å². The molecule has 0 amide bonds. The third-order valence-corrected chi connectivity index (χ3v) is 10.4. The zero-order valence-electron chi connectivity index (χ0n) is 37.2. The first kappa shape index (κ1) is 54.6. The van der Waals surface area contributed by atoms with E-state index in [-0.39, 0.29) is 19.6 Å². The van der Waals surface area contributed by atoms with Gasteiger partial charge in [0.05, 0.1) is 19.8 Å². The van der Waals surface area contributed by atoms with Crippen LogP contribution in [0.2, 0.25) is 0 Å². The smallest absolute Gasteiger partial charge is 0.306 e. The Kier molecular flexibility index (Phi) is 38.0. The number of unbranched alkanes of at least 4 members (excludes halogenated alkanes) is 16. The monoisotopic (exact) mass is 831 g/mol. The van der Waals surface area contributed by atoms with Gasteiger partial charge in [-0.2, -0.15) is 0 Å². The normalized spacial score (nSPS) is 20.8. The van der Waals surface area contributed by atoms with E-state index in [1.807, 2.05) is 12.2 Å². The van der Waals surface area contributed by atoms with E-state index in [1.165, 1.54) is 96.3 Å². The van der Waals surface area contributed by atoms with E-state index in [1.54, 1.807) is 0 Å². The maximum atomic E-state index is 12.8. The Morgan fingerprint density at radius 1 is 0.559 bits per heavy atom. The van der Waals surface area contributed by atoms with Crippen LogP contribution >= 0.6 is 0 Å². The quantitative estimate of drug-likeness (QED) is 0.0271. The fourth-order valence-electron chi connectivity index (χ4n) is 6.75. The molecule has 0 aromatic carbocycles. The van der Waals surface area contributed by atoms with Crippen molar-refractivity contribution in [2.75, 3.05) is 26.4 Å². The van der Waals surface area contributed by atoms with Gasteiger partial charge < -0.3 is 39.4 Å². The highest BCUT2D eigenvalue weighted by Gasteiger charge is 2.44. The van der Waals surface area contributed by atoms with E-state index in [0.29, 0.717) is 13.0 Å². The number of esters is 1. The summed E-state index contributed by atoms with van der Waals surface area (Å²) in [7, 11) is 0. The van der Waals surface area contributed by atoms with Crippen LogP contribution in [0.5, 0.6) is 0 Å². The van der Waals surface area contributed by atoms with Gasteiger partial charge in [0, 0.05) is 13.0 Å². The Morgan fingerprint density at radius 2 is 1.00 bits per heavy atom. The fourth-order valence-corrected chi connectivity index (χ4v) is 6.75. The van der Waals surface area contributed by atoms with E-state index < -0.39 is 49.4 Å². The van der Waals surface area contributed by atoms with Crippen molar-refractivity contribution in [3.63, 3.8) is 0 Å². The molecule has 0 radical (unpaired) electrons. The van der Waals surface area contributed by atoms with Crippen LogP contribution in [0.25, 0.3) is 0 Å². The first-order chi connectivity index (χ1) is 28.9. The number of hydrogen-bond acceptors (Lipinski definition) is 9. The molecule has 340 valence electrons. The van der Waals surface area contributed by atoms with Gasteiger partial charge in [-0.1, -0.05) is 189 Å². The number of allylic oxidation sites excluding steroid dienone is 12. The van der Waals surface area contributed by atoms with Gasteiger partial charge in [0.15, 0.2) is 6.29 Å². The van der Waals surface area contributed by atoms with Crippen LogP contribution in [-0.4, -0.2) is 89.6 Å². The molecule has 4 N–H and O–H groups in total. The van der Waals surface area contributed by atoms with Crippen molar-refractivity contribution in [2.24, 2.45) is 0 Å². The molecule has 1 heterocycles. The molecule has 1 rings (SSSR count). The van der Waals surface area contributed by atoms with Gasteiger partial charge in [0.25, 0.3) is 0 Å². The van der Waals surface area contributed by atoms with Gasteiger partial charge in [-0.3, -0.25) is 4.79 Å². The molecule has 1 aliphatic rings. The Labute approximate surface area is 359 Å². The molecule has 0 spiro atoms. The predicted molar refractivity (Wildman–Crippen MR) is 242 cm³/mol. The summed E-state index contributed by atoms with van der Waals surface area (Å²) in [5.41, 5.74) is 0. The van der Waals surface area contributed by atoms with Crippen molar-refractivity contribution in [3.8, 4) is 0 Å². The highest BCUT2D eigenvalue weighted by atomic mass is 16.7. The summed E-state index contributed by atoms with van der Waals surface area (Å²) in [6, 6.07) is 0. The van der Waals surface area contributed by atoms with Gasteiger partial charge in [0.2, 0.25) is 0 Å². The summed E-state index contributed by atoms with van der Waals surface area (Å²) in [5, 5.41) is 40.1. The largest absolute Gasteiger partial charge is 0.457 e. The summed E-state index contributed by atoms with van der Waals surface area (Å²) in [6.45, 7) is 4.36. The summed E-state index contributed by atoms with van der Waals surface area (Å²) >= 11 is 0. The highest BCUT2D eigenvalue weighted by molar-refractivity contribution is 5.69. The zero-order chi connectivity index (χ0) is 42.9. The Morgan fingerprint density at radius 3 is 1.46 bits per heavy atom. The van der Waals surface area contributed by atoms with Crippen LogP contribution in [0.3, 0.4) is 0 Å². The molecule has 1 fully saturated rings. The lowest BCUT2D eigenvalue weighted by Crippen LogP contribution is -2.59. The second-order valence-corrected chi connectivity index (χ2v) is 15.8. The van der Waals surface area contributed by atoms with Crippen LogP contribution < -0.4 is 0 Å². The first-order valence-corrected chi connectivity index (χ1v) is 23.5. The number of carbonyl (C=O) groups excluding carboxylic acids is 1. The number of hydrogen-bond donors (Lipinski definition) is 4. The molecule has 9 heteroatoms. The Hall–Kier alpha value is -2.37. The minimum absolute atomic E-state index is 0.113. The zero-order valence-corrected chi connectivity index (χ0v) is 37.2. The number of aliphatic hydroxyl groups excluding tert-OH is 4. The number of rotatable bonds is 39. The summed E-state index contributed by atoms with van der Waals surface area (Å²) in [5.74, 6) is -0.395. The van der Waals surface area contributed by atoms with E-state index >= 15 is 0 Å². The molecule has 0 aromatic rings. The standard InChI is InChI=1S/C50H86O9/c1-3-5-7-9-11-13-15-17-19-21-22-23-25-27-29-31-33-35-37-39-46(52)58-44(43-57-50-49(55)48(54)47(53)45(41-51)59-50)42-56-40-38-36-34-32-30-28-26-24-20-18-16-14-12-10-8-6-4-2/h5,7,11,13,17,19,22-23,27,29,33,35,44-45,47-51,53-55H,3-4,6,8-10,12,14-16,18,20-21,24-26,28,30-32,34,36-43H2,1-2H3/b7-5-,13-11-,19-17-,23-22-,29-27-,35-33-. The van der Waals surface area contributed by atoms with E-state index in [0.717, 1.165) is 51.4 Å². The molecule has 0 saturated carbocycles. The molecule has 6 unspecified atom stereocenters. The molecule has 0 aromatic heterocycles. The average Bonchev–Trinajstić information content (AvgIpc) is 3.24. The third-order valence-electron chi connectivity index (χ3n) is 10.4. The number of carbonyl (C=O) groups is 1. The fraction of sp³-hybridized carbons (Fsp3) is 0.740. The molecular formula is C50H86O9. The first-order valence-electron chi connectivity index (χ1n) is 23.5. The number of aliphatic hydroxyl groups is 4. The van der Waals surface area contributed by atoms with Crippen molar-refractivity contribution in [1.29, 1.82) is 0 Å². The van der Waals surface area contributed by atoms with Gasteiger partial charge in [0.1, 0.15) is 30.5 Å². The van der Waals surface area contributed by atoms with Gasteiger partial charge in [-0.25, -0.2) is 0 Å². The van der Waals surface area contributed by atoms with E-state index in [4.69, 9.17) is 18.9 Å². The predicted octanol–water partition coefficient (Wildman–Crippen LogP) is 10.9. The van der Waals surface area contributed by atoms with Crippen molar-refractivity contribution in [1.82, 2.24) is 0 Å². The maximum Gasteiger partial charge on any atom is 0.306 e. The lowest BCUT2D eigenvalue weighted by atomic mass is 9.99. The van der Waals surface area contributed by atoms with Crippen molar-refractivity contribution >= 4 is 5.97 Å². The maximum absolute atomic E-state index is 12.8. The molecule has 9 nitrogen and oxygen atoms in total. The van der Waals surface area contributed by atoms with E-state index in [2.05, 4.69) is 74.6 Å². The summed E-state index contributed by atoms with van der Waals surface area (Å²) in [4.78, 5) is 12.8. The van der Waals surface area contributed by atoms with Gasteiger partial charge in [-0.05, 0) is 51.4 Å². The molecule has 0 aliphatic carbocycles. The summed E-state index contributed by atoms with van der Waals surface area (Å²) in [6.07, 6.45) is 46.6. The van der Waals surface area contributed by atoms with Crippen molar-refractivity contribution < 1.29 is 44.2 Å². The topological polar surface area (TPSA) is 135 Å².